The van der Waals surface area contributed by atoms with Gasteiger partial charge < -0.3 is 15.1 Å². The molecule has 1 aliphatic rings. The van der Waals surface area contributed by atoms with Gasteiger partial charge in [0.15, 0.2) is 0 Å². The summed E-state index contributed by atoms with van der Waals surface area (Å²) in [4.78, 5) is 12.6. The zero-order valence-electron chi connectivity index (χ0n) is 11.9. The van der Waals surface area contributed by atoms with Crippen LogP contribution in [0.2, 0.25) is 0 Å². The minimum atomic E-state index is 0.0653. The number of hydrogen-bond donors (Lipinski definition) is 2. The first-order valence-corrected chi connectivity index (χ1v) is 8.05. The first kappa shape index (κ1) is 14.1. The number of anilines is 2. The van der Waals surface area contributed by atoms with E-state index in [9.17, 15) is 4.79 Å². The molecule has 1 aromatic carbocycles. The highest BCUT2D eigenvalue weighted by Crippen LogP contribution is 2.33. The molecule has 1 aromatic heterocycles. The molecular weight excluding hydrogens is 284 g/mol. The maximum absolute atomic E-state index is 11.4. The molecule has 0 radical (unpaired) electrons. The summed E-state index contributed by atoms with van der Waals surface area (Å²) in [5, 5.41) is 6.38. The van der Waals surface area contributed by atoms with Gasteiger partial charge in [-0.15, -0.1) is 11.8 Å². The molecule has 4 nitrogen and oxygen atoms in total. The summed E-state index contributed by atoms with van der Waals surface area (Å²) in [6.45, 7) is 2.15. The second-order valence-electron chi connectivity index (χ2n) is 5.21. The Hall–Kier alpha value is -1.88. The molecule has 0 saturated heterocycles. The van der Waals surface area contributed by atoms with E-state index >= 15 is 0 Å². The number of benzene rings is 1. The summed E-state index contributed by atoms with van der Waals surface area (Å²) in [6.07, 6.45) is 3.61. The number of thioether (sulfide) groups is 1. The highest BCUT2D eigenvalue weighted by atomic mass is 32.2. The molecular formula is C16H18N2O2S. The summed E-state index contributed by atoms with van der Waals surface area (Å²) in [5.74, 6) is 1.58. The van der Waals surface area contributed by atoms with Crippen LogP contribution in [0, 0.1) is 0 Å². The van der Waals surface area contributed by atoms with E-state index in [4.69, 9.17) is 4.42 Å². The maximum Gasteiger partial charge on any atom is 0.234 e. The molecule has 0 aliphatic carbocycles. The topological polar surface area (TPSA) is 54.3 Å². The van der Waals surface area contributed by atoms with E-state index in [0.717, 1.165) is 34.9 Å². The normalized spacial score (nSPS) is 15.2. The Morgan fingerprint density at radius 1 is 1.43 bits per heavy atom. The standard InChI is InChI=1S/C16H18N2O2S/c1-11(4-6-13-3-2-8-20-13)17-12-5-7-15-14(9-12)18-16(19)10-21-15/h2-3,5,7-9,11,17H,4,6,10H2,1H3,(H,18,19). The van der Waals surface area contributed by atoms with Crippen molar-refractivity contribution >= 4 is 29.0 Å². The lowest BCUT2D eigenvalue weighted by atomic mass is 10.1. The van der Waals surface area contributed by atoms with Gasteiger partial charge in [-0.25, -0.2) is 0 Å². The van der Waals surface area contributed by atoms with E-state index in [-0.39, 0.29) is 5.91 Å². The lowest BCUT2D eigenvalue weighted by Crippen LogP contribution is -2.20. The fourth-order valence-corrected chi connectivity index (χ4v) is 3.13. The fraction of sp³-hybridized carbons (Fsp3) is 0.312. The molecule has 2 heterocycles. The molecule has 3 rings (SSSR count). The average Bonchev–Trinajstić information content (AvgIpc) is 2.98. The van der Waals surface area contributed by atoms with Gasteiger partial charge in [-0.05, 0) is 43.7 Å². The number of amides is 1. The van der Waals surface area contributed by atoms with Crippen molar-refractivity contribution in [3.63, 3.8) is 0 Å². The number of carbonyl (C=O) groups is 1. The van der Waals surface area contributed by atoms with Crippen LogP contribution in [0.5, 0.6) is 0 Å². The number of furan rings is 1. The Labute approximate surface area is 128 Å². The van der Waals surface area contributed by atoms with Gasteiger partial charge >= 0.3 is 0 Å². The van der Waals surface area contributed by atoms with Crippen molar-refractivity contribution in [2.45, 2.75) is 30.7 Å². The van der Waals surface area contributed by atoms with Crippen molar-refractivity contribution in [3.8, 4) is 0 Å². The van der Waals surface area contributed by atoms with Gasteiger partial charge in [-0.2, -0.15) is 0 Å². The third-order valence-corrected chi connectivity index (χ3v) is 4.50. The van der Waals surface area contributed by atoms with Crippen molar-refractivity contribution < 1.29 is 9.21 Å². The summed E-state index contributed by atoms with van der Waals surface area (Å²) in [5.41, 5.74) is 1.93. The molecule has 0 bridgehead atoms. The van der Waals surface area contributed by atoms with Crippen LogP contribution in [0.1, 0.15) is 19.1 Å². The quantitative estimate of drug-likeness (QED) is 0.883. The van der Waals surface area contributed by atoms with Crippen LogP contribution in [0.3, 0.4) is 0 Å². The molecule has 2 aromatic rings. The summed E-state index contributed by atoms with van der Waals surface area (Å²) >= 11 is 1.58. The lowest BCUT2D eigenvalue weighted by Gasteiger charge is -2.19. The van der Waals surface area contributed by atoms with Crippen LogP contribution >= 0.6 is 11.8 Å². The molecule has 1 amide bonds. The number of aryl methyl sites for hydroxylation is 1. The van der Waals surface area contributed by atoms with E-state index in [1.807, 2.05) is 18.2 Å². The van der Waals surface area contributed by atoms with E-state index in [1.165, 1.54) is 0 Å². The Morgan fingerprint density at radius 3 is 3.14 bits per heavy atom. The number of fused-ring (bicyclic) bond motifs is 1. The molecule has 5 heteroatoms. The van der Waals surface area contributed by atoms with Crippen LogP contribution in [-0.2, 0) is 11.2 Å². The minimum Gasteiger partial charge on any atom is -0.469 e. The first-order valence-electron chi connectivity index (χ1n) is 7.06. The lowest BCUT2D eigenvalue weighted by molar-refractivity contribution is -0.113. The zero-order chi connectivity index (χ0) is 14.7. The molecule has 0 spiro atoms. The Kier molecular flexibility index (Phi) is 4.20. The van der Waals surface area contributed by atoms with Crippen LogP contribution < -0.4 is 10.6 Å². The maximum atomic E-state index is 11.4. The number of nitrogens with one attached hydrogen (secondary N) is 2. The van der Waals surface area contributed by atoms with Gasteiger partial charge in [-0.3, -0.25) is 4.79 Å². The third-order valence-electron chi connectivity index (χ3n) is 3.43. The smallest absolute Gasteiger partial charge is 0.234 e. The Bertz CT molecular complexity index is 625. The van der Waals surface area contributed by atoms with Crippen molar-refractivity contribution in [2.24, 2.45) is 0 Å². The van der Waals surface area contributed by atoms with Gasteiger partial charge in [0.05, 0.1) is 17.7 Å². The van der Waals surface area contributed by atoms with Crippen LogP contribution in [0.25, 0.3) is 0 Å². The predicted octanol–water partition coefficient (Wildman–Crippen LogP) is 3.76. The van der Waals surface area contributed by atoms with Gasteiger partial charge in [0.1, 0.15) is 5.76 Å². The van der Waals surface area contributed by atoms with E-state index in [2.05, 4.69) is 29.7 Å². The zero-order valence-corrected chi connectivity index (χ0v) is 12.7. The molecule has 21 heavy (non-hydrogen) atoms. The molecule has 1 atom stereocenters. The molecule has 0 fully saturated rings. The van der Waals surface area contributed by atoms with E-state index in [0.29, 0.717) is 11.8 Å². The average molecular weight is 302 g/mol. The van der Waals surface area contributed by atoms with Crippen LogP contribution in [-0.4, -0.2) is 17.7 Å². The summed E-state index contributed by atoms with van der Waals surface area (Å²) in [7, 11) is 0. The first-order chi connectivity index (χ1) is 10.2. The van der Waals surface area contributed by atoms with Crippen LogP contribution in [0.4, 0.5) is 11.4 Å². The summed E-state index contributed by atoms with van der Waals surface area (Å²) < 4.78 is 5.34. The van der Waals surface area contributed by atoms with Gasteiger partial charge in [0.25, 0.3) is 0 Å². The highest BCUT2D eigenvalue weighted by Gasteiger charge is 2.15. The van der Waals surface area contributed by atoms with Gasteiger partial charge in [0, 0.05) is 23.0 Å². The second-order valence-corrected chi connectivity index (χ2v) is 6.23. The van der Waals surface area contributed by atoms with Gasteiger partial charge in [-0.1, -0.05) is 0 Å². The highest BCUT2D eigenvalue weighted by molar-refractivity contribution is 8.00. The Morgan fingerprint density at radius 2 is 2.33 bits per heavy atom. The van der Waals surface area contributed by atoms with Crippen LogP contribution in [0.15, 0.2) is 45.9 Å². The fourth-order valence-electron chi connectivity index (χ4n) is 2.34. The number of hydrogen-bond acceptors (Lipinski definition) is 4. The SMILES string of the molecule is CC(CCc1ccco1)Nc1ccc2c(c1)NC(=O)CS2. The van der Waals surface area contributed by atoms with Crippen molar-refractivity contribution in [3.05, 3.63) is 42.4 Å². The number of rotatable bonds is 5. The third kappa shape index (κ3) is 3.61. The van der Waals surface area contributed by atoms with Crippen molar-refractivity contribution in [2.75, 3.05) is 16.4 Å². The van der Waals surface area contributed by atoms with Crippen molar-refractivity contribution in [1.29, 1.82) is 0 Å². The number of carbonyl (C=O) groups excluding carboxylic acids is 1. The molecule has 1 aliphatic heterocycles. The van der Waals surface area contributed by atoms with Gasteiger partial charge in [0.2, 0.25) is 5.91 Å². The molecule has 0 saturated carbocycles. The largest absolute Gasteiger partial charge is 0.469 e. The molecule has 110 valence electrons. The van der Waals surface area contributed by atoms with E-state index in [1.54, 1.807) is 18.0 Å². The second kappa shape index (κ2) is 6.26. The van der Waals surface area contributed by atoms with E-state index < -0.39 is 0 Å². The molecule has 1 unspecified atom stereocenters. The minimum absolute atomic E-state index is 0.0653. The Balaban J connectivity index is 1.59. The summed E-state index contributed by atoms with van der Waals surface area (Å²) in [6, 6.07) is 10.4. The molecule has 2 N–H and O–H groups in total. The monoisotopic (exact) mass is 302 g/mol. The predicted molar refractivity (Wildman–Crippen MR) is 85.9 cm³/mol. The van der Waals surface area contributed by atoms with Crippen molar-refractivity contribution in [1.82, 2.24) is 0 Å².